The van der Waals surface area contributed by atoms with Crippen molar-refractivity contribution in [2.24, 2.45) is 0 Å². The Bertz CT molecular complexity index is 827. The van der Waals surface area contributed by atoms with Crippen LogP contribution in [-0.4, -0.2) is 46.1 Å². The van der Waals surface area contributed by atoms with E-state index in [0.717, 1.165) is 45.1 Å². The number of rotatable bonds is 6. The third-order valence-electron chi connectivity index (χ3n) is 4.55. The smallest absolute Gasteiger partial charge is 0.240 e. The van der Waals surface area contributed by atoms with Crippen molar-refractivity contribution in [1.82, 2.24) is 19.9 Å². The van der Waals surface area contributed by atoms with E-state index in [1.54, 1.807) is 0 Å². The van der Waals surface area contributed by atoms with Gasteiger partial charge in [0.15, 0.2) is 5.82 Å². The van der Waals surface area contributed by atoms with Gasteiger partial charge in [-0.05, 0) is 33.6 Å². The zero-order valence-electron chi connectivity index (χ0n) is 14.5. The Morgan fingerprint density at radius 1 is 0.962 bits per heavy atom. The first kappa shape index (κ1) is 17.9. The van der Waals surface area contributed by atoms with Gasteiger partial charge in [-0.3, -0.25) is 9.80 Å². The summed E-state index contributed by atoms with van der Waals surface area (Å²) in [5, 5.41) is 4.12. The molecule has 1 aliphatic heterocycles. The molecule has 0 saturated carbocycles. The third-order valence-corrected chi connectivity index (χ3v) is 6.16. The molecular weight excluding hydrogens is 412 g/mol. The van der Waals surface area contributed by atoms with Gasteiger partial charge in [0.2, 0.25) is 5.89 Å². The van der Waals surface area contributed by atoms with Crippen molar-refractivity contribution >= 4 is 27.3 Å². The van der Waals surface area contributed by atoms with Crippen LogP contribution in [0.3, 0.4) is 0 Å². The molecule has 0 atom stereocenters. The van der Waals surface area contributed by atoms with Gasteiger partial charge >= 0.3 is 0 Å². The van der Waals surface area contributed by atoms with Crippen LogP contribution in [0.5, 0.6) is 0 Å². The summed E-state index contributed by atoms with van der Waals surface area (Å²) >= 11 is 5.35. The highest BCUT2D eigenvalue weighted by atomic mass is 79.9. The Labute approximate surface area is 165 Å². The second-order valence-electron chi connectivity index (χ2n) is 6.52. The van der Waals surface area contributed by atoms with Crippen LogP contribution < -0.4 is 0 Å². The summed E-state index contributed by atoms with van der Waals surface area (Å²) in [5.74, 6) is 1.47. The summed E-state index contributed by atoms with van der Waals surface area (Å²) in [4.78, 5) is 10.9. The van der Waals surface area contributed by atoms with Gasteiger partial charge in [-0.15, -0.1) is 11.3 Å². The number of hydrogen-bond acceptors (Lipinski definition) is 6. The number of piperazine rings is 1. The summed E-state index contributed by atoms with van der Waals surface area (Å²) in [7, 11) is 0. The summed E-state index contributed by atoms with van der Waals surface area (Å²) in [6.07, 6.45) is 0.717. The van der Waals surface area contributed by atoms with E-state index in [-0.39, 0.29) is 0 Å². The Hall–Kier alpha value is -1.54. The minimum atomic E-state index is 0.714. The Kier molecular flexibility index (Phi) is 5.79. The number of aromatic nitrogens is 2. The molecule has 5 nitrogen and oxygen atoms in total. The van der Waals surface area contributed by atoms with E-state index in [2.05, 4.69) is 60.1 Å². The predicted octanol–water partition coefficient (Wildman–Crippen LogP) is 3.80. The minimum Gasteiger partial charge on any atom is -0.338 e. The Morgan fingerprint density at radius 3 is 2.38 bits per heavy atom. The molecule has 0 radical (unpaired) electrons. The highest BCUT2D eigenvalue weighted by Crippen LogP contribution is 2.23. The summed E-state index contributed by atoms with van der Waals surface area (Å²) in [6, 6.07) is 14.6. The molecule has 0 amide bonds. The molecule has 0 N–H and O–H groups in total. The molecule has 3 aromatic rings. The normalized spacial score (nSPS) is 16.2. The van der Waals surface area contributed by atoms with Crippen LogP contribution in [0, 0.1) is 0 Å². The van der Waals surface area contributed by atoms with Crippen molar-refractivity contribution < 1.29 is 4.52 Å². The van der Waals surface area contributed by atoms with E-state index >= 15 is 0 Å². The van der Waals surface area contributed by atoms with Gasteiger partial charge in [0, 0.05) is 44.0 Å². The fourth-order valence-corrected chi connectivity index (χ4v) is 4.68. The molecule has 0 spiro atoms. The maximum Gasteiger partial charge on any atom is 0.240 e. The van der Waals surface area contributed by atoms with Gasteiger partial charge in [-0.1, -0.05) is 35.5 Å². The lowest BCUT2D eigenvalue weighted by Crippen LogP contribution is -2.45. The van der Waals surface area contributed by atoms with Crippen molar-refractivity contribution in [2.45, 2.75) is 19.5 Å². The van der Waals surface area contributed by atoms with Gasteiger partial charge in [0.05, 0.1) is 10.3 Å². The largest absolute Gasteiger partial charge is 0.338 e. The molecule has 1 aromatic carbocycles. The lowest BCUT2D eigenvalue weighted by molar-refractivity contribution is 0.113. The van der Waals surface area contributed by atoms with E-state index < -0.39 is 0 Å². The number of thiophene rings is 1. The molecule has 136 valence electrons. The molecule has 4 rings (SSSR count). The number of halogens is 1. The molecule has 3 heterocycles. The second-order valence-corrected chi connectivity index (χ2v) is 9.07. The molecule has 26 heavy (non-hydrogen) atoms. The van der Waals surface area contributed by atoms with Crippen molar-refractivity contribution in [3.63, 3.8) is 0 Å². The molecular formula is C19H21BrN4OS. The maximum atomic E-state index is 5.44. The van der Waals surface area contributed by atoms with Gasteiger partial charge in [0.1, 0.15) is 0 Å². The lowest BCUT2D eigenvalue weighted by Gasteiger charge is -2.33. The second kappa shape index (κ2) is 8.43. The quantitative estimate of drug-likeness (QED) is 0.592. The fraction of sp³-hybridized carbons (Fsp3) is 0.368. The van der Waals surface area contributed by atoms with Gasteiger partial charge in [-0.25, -0.2) is 0 Å². The standard InChI is InChI=1S/C19H21BrN4OS/c20-17-7-6-16(26-17)13-23-8-10-24(11-9-23)14-19-21-18(22-25-19)12-15-4-2-1-3-5-15/h1-7H,8-14H2. The first-order chi connectivity index (χ1) is 12.7. The van der Waals surface area contributed by atoms with Crippen LogP contribution in [0.15, 0.2) is 50.8 Å². The molecule has 0 unspecified atom stereocenters. The molecule has 0 aliphatic carbocycles. The van der Waals surface area contributed by atoms with Crippen LogP contribution in [-0.2, 0) is 19.5 Å². The molecule has 1 aliphatic rings. The van der Waals surface area contributed by atoms with Gasteiger partial charge in [-0.2, -0.15) is 4.98 Å². The first-order valence-electron chi connectivity index (χ1n) is 8.79. The number of nitrogens with zero attached hydrogens (tertiary/aromatic N) is 4. The molecule has 7 heteroatoms. The predicted molar refractivity (Wildman–Crippen MR) is 106 cm³/mol. The van der Waals surface area contributed by atoms with Crippen LogP contribution in [0.2, 0.25) is 0 Å². The van der Waals surface area contributed by atoms with E-state index in [9.17, 15) is 0 Å². The lowest BCUT2D eigenvalue weighted by atomic mass is 10.1. The molecule has 1 saturated heterocycles. The summed E-state index contributed by atoms with van der Waals surface area (Å²) < 4.78 is 6.65. The highest BCUT2D eigenvalue weighted by molar-refractivity contribution is 9.11. The fourth-order valence-electron chi connectivity index (χ4n) is 3.16. The zero-order valence-corrected chi connectivity index (χ0v) is 16.9. The average Bonchev–Trinajstić information content (AvgIpc) is 3.26. The highest BCUT2D eigenvalue weighted by Gasteiger charge is 2.19. The molecule has 0 bridgehead atoms. The average molecular weight is 433 g/mol. The van der Waals surface area contributed by atoms with Crippen LogP contribution >= 0.6 is 27.3 Å². The van der Waals surface area contributed by atoms with Gasteiger partial charge in [0.25, 0.3) is 0 Å². The van der Waals surface area contributed by atoms with Crippen molar-refractivity contribution in [1.29, 1.82) is 0 Å². The zero-order chi connectivity index (χ0) is 17.8. The van der Waals surface area contributed by atoms with Crippen LogP contribution in [0.4, 0.5) is 0 Å². The van der Waals surface area contributed by atoms with Crippen LogP contribution in [0.1, 0.15) is 22.2 Å². The SMILES string of the molecule is Brc1ccc(CN2CCN(Cc3nc(Cc4ccccc4)no3)CC2)s1. The van der Waals surface area contributed by atoms with Crippen molar-refractivity contribution in [3.05, 3.63) is 68.4 Å². The molecule has 1 fully saturated rings. The van der Waals surface area contributed by atoms with E-state index in [0.29, 0.717) is 12.3 Å². The topological polar surface area (TPSA) is 45.4 Å². The summed E-state index contributed by atoms with van der Waals surface area (Å²) in [6.45, 7) is 5.97. The van der Waals surface area contributed by atoms with E-state index in [1.165, 1.54) is 14.2 Å². The monoisotopic (exact) mass is 432 g/mol. The van der Waals surface area contributed by atoms with Gasteiger partial charge < -0.3 is 4.52 Å². The Balaban J connectivity index is 1.25. The van der Waals surface area contributed by atoms with E-state index in [1.807, 2.05) is 29.5 Å². The first-order valence-corrected chi connectivity index (χ1v) is 10.4. The maximum absolute atomic E-state index is 5.44. The summed E-state index contributed by atoms with van der Waals surface area (Å²) in [5.41, 5.74) is 1.20. The third kappa shape index (κ3) is 4.79. The van der Waals surface area contributed by atoms with Crippen molar-refractivity contribution in [3.8, 4) is 0 Å². The molecule has 2 aromatic heterocycles. The Morgan fingerprint density at radius 2 is 1.69 bits per heavy atom. The minimum absolute atomic E-state index is 0.714. The van der Waals surface area contributed by atoms with Crippen molar-refractivity contribution in [2.75, 3.05) is 26.2 Å². The van der Waals surface area contributed by atoms with Crippen LogP contribution in [0.25, 0.3) is 0 Å². The number of hydrogen-bond donors (Lipinski definition) is 0. The van der Waals surface area contributed by atoms with E-state index in [4.69, 9.17) is 4.52 Å². The number of benzene rings is 1.